The number of rotatable bonds is 2. The van der Waals surface area contributed by atoms with Crippen molar-refractivity contribution in [1.82, 2.24) is 9.80 Å². The molecule has 1 saturated heterocycles. The van der Waals surface area contributed by atoms with Crippen LogP contribution < -0.4 is 0 Å². The third-order valence-electron chi connectivity index (χ3n) is 2.46. The third kappa shape index (κ3) is 2.73. The van der Waals surface area contributed by atoms with E-state index in [1.807, 2.05) is 6.92 Å². The van der Waals surface area contributed by atoms with Crippen LogP contribution in [0.1, 0.15) is 6.92 Å². The van der Waals surface area contributed by atoms with Gasteiger partial charge in [0, 0.05) is 26.2 Å². The van der Waals surface area contributed by atoms with E-state index in [0.717, 1.165) is 32.7 Å². The van der Waals surface area contributed by atoms with Gasteiger partial charge in [0.25, 0.3) is 0 Å². The summed E-state index contributed by atoms with van der Waals surface area (Å²) in [6.07, 6.45) is 5.22. The maximum atomic E-state index is 8.72. The van der Waals surface area contributed by atoms with Crippen molar-refractivity contribution in [2.24, 2.45) is 0 Å². The van der Waals surface area contributed by atoms with Gasteiger partial charge in [0.1, 0.15) is 0 Å². The van der Waals surface area contributed by atoms with Crippen LogP contribution in [0.5, 0.6) is 0 Å². The van der Waals surface area contributed by atoms with Crippen molar-refractivity contribution >= 4 is 0 Å². The fourth-order valence-electron chi connectivity index (χ4n) is 1.52. The van der Waals surface area contributed by atoms with Crippen LogP contribution in [0.15, 0.2) is 0 Å². The van der Waals surface area contributed by atoms with Gasteiger partial charge in [-0.25, -0.2) is 0 Å². The van der Waals surface area contributed by atoms with E-state index in [9.17, 15) is 0 Å². The largest absolute Gasteiger partial charge is 0.290 e. The highest BCUT2D eigenvalue weighted by Gasteiger charge is 2.19. The molecule has 1 unspecified atom stereocenters. The van der Waals surface area contributed by atoms with E-state index in [-0.39, 0.29) is 6.04 Å². The highest BCUT2D eigenvalue weighted by Crippen LogP contribution is 2.04. The van der Waals surface area contributed by atoms with Gasteiger partial charge in [-0.15, -0.1) is 6.42 Å². The van der Waals surface area contributed by atoms with Crippen LogP contribution in [0.25, 0.3) is 0 Å². The molecular weight excluding hydrogens is 162 g/mol. The maximum absolute atomic E-state index is 8.72. The van der Waals surface area contributed by atoms with Gasteiger partial charge in [0.15, 0.2) is 0 Å². The van der Waals surface area contributed by atoms with Crippen LogP contribution in [0.3, 0.4) is 0 Å². The summed E-state index contributed by atoms with van der Waals surface area (Å²) in [5.41, 5.74) is 0. The smallest absolute Gasteiger partial charge is 0.0950 e. The summed E-state index contributed by atoms with van der Waals surface area (Å²) in [6, 6.07) is 2.28. The zero-order chi connectivity index (χ0) is 9.68. The van der Waals surface area contributed by atoms with Gasteiger partial charge in [-0.3, -0.25) is 9.80 Å². The molecule has 1 fully saturated rings. The van der Waals surface area contributed by atoms with Gasteiger partial charge < -0.3 is 0 Å². The maximum Gasteiger partial charge on any atom is 0.0950 e. The second kappa shape index (κ2) is 4.87. The number of terminal acetylenes is 1. The first-order valence-electron chi connectivity index (χ1n) is 4.57. The van der Waals surface area contributed by atoms with E-state index < -0.39 is 0 Å². The molecule has 1 aliphatic heterocycles. The molecule has 70 valence electrons. The lowest BCUT2D eigenvalue weighted by Crippen LogP contribution is -2.49. The second-order valence-corrected chi connectivity index (χ2v) is 3.32. The Labute approximate surface area is 79.9 Å². The average Bonchev–Trinajstić information content (AvgIpc) is 2.18. The number of hydrogen-bond donors (Lipinski definition) is 0. The first-order valence-corrected chi connectivity index (χ1v) is 4.57. The predicted octanol–water partition coefficient (Wildman–Crippen LogP) is 0.149. The van der Waals surface area contributed by atoms with Crippen LogP contribution >= 0.6 is 0 Å². The second-order valence-electron chi connectivity index (χ2n) is 3.32. The first-order chi connectivity index (χ1) is 6.27. The van der Waals surface area contributed by atoms with Gasteiger partial charge in [-0.2, -0.15) is 5.26 Å². The molecule has 0 radical (unpaired) electrons. The van der Waals surface area contributed by atoms with Gasteiger partial charge in [0.05, 0.1) is 18.7 Å². The molecule has 1 atom stereocenters. The van der Waals surface area contributed by atoms with Crippen molar-refractivity contribution in [1.29, 1.82) is 5.26 Å². The molecule has 13 heavy (non-hydrogen) atoms. The quantitative estimate of drug-likeness (QED) is 0.562. The minimum Gasteiger partial charge on any atom is -0.290 e. The Morgan fingerprint density at radius 1 is 1.38 bits per heavy atom. The highest BCUT2D eigenvalue weighted by molar-refractivity contribution is 4.93. The van der Waals surface area contributed by atoms with Crippen LogP contribution in [0, 0.1) is 23.7 Å². The zero-order valence-corrected chi connectivity index (χ0v) is 8.03. The summed E-state index contributed by atoms with van der Waals surface area (Å²) in [4.78, 5) is 4.42. The Bertz CT molecular complexity index is 228. The summed E-state index contributed by atoms with van der Waals surface area (Å²) in [6.45, 7) is 6.55. The normalized spacial score (nSPS) is 21.8. The van der Waals surface area contributed by atoms with Gasteiger partial charge >= 0.3 is 0 Å². The standard InChI is InChI=1S/C10H15N3/c1-3-4-12-5-7-13(8-6-12)10(2)9-11/h1,10H,4-8H2,2H3. The Hall–Kier alpha value is -1.03. The monoisotopic (exact) mass is 177 g/mol. The molecule has 0 saturated carbocycles. The number of piperazine rings is 1. The van der Waals surface area contributed by atoms with Crippen molar-refractivity contribution in [2.45, 2.75) is 13.0 Å². The Kier molecular flexibility index (Phi) is 3.76. The minimum absolute atomic E-state index is 0.0352. The Morgan fingerprint density at radius 2 is 2.00 bits per heavy atom. The molecule has 0 aromatic rings. The van der Waals surface area contributed by atoms with E-state index in [0.29, 0.717) is 0 Å². The van der Waals surface area contributed by atoms with E-state index in [4.69, 9.17) is 11.7 Å². The number of nitrogens with zero attached hydrogens (tertiary/aromatic N) is 3. The fourth-order valence-corrected chi connectivity index (χ4v) is 1.52. The summed E-state index contributed by atoms with van der Waals surface area (Å²) in [5, 5.41) is 8.72. The van der Waals surface area contributed by atoms with Gasteiger partial charge in [-0.1, -0.05) is 5.92 Å². The van der Waals surface area contributed by atoms with Crippen LogP contribution in [0.4, 0.5) is 0 Å². The summed E-state index contributed by atoms with van der Waals surface area (Å²) in [7, 11) is 0. The van der Waals surface area contributed by atoms with Crippen molar-refractivity contribution in [3.8, 4) is 18.4 Å². The van der Waals surface area contributed by atoms with Crippen molar-refractivity contribution < 1.29 is 0 Å². The Balaban J connectivity index is 2.32. The average molecular weight is 177 g/mol. The van der Waals surface area contributed by atoms with Crippen molar-refractivity contribution in [2.75, 3.05) is 32.7 Å². The van der Waals surface area contributed by atoms with E-state index in [1.165, 1.54) is 0 Å². The zero-order valence-electron chi connectivity index (χ0n) is 8.03. The third-order valence-corrected chi connectivity index (χ3v) is 2.46. The molecule has 0 aromatic carbocycles. The predicted molar refractivity (Wildman–Crippen MR) is 51.9 cm³/mol. The van der Waals surface area contributed by atoms with Gasteiger partial charge in [0.2, 0.25) is 0 Å². The molecule has 0 bridgehead atoms. The summed E-state index contributed by atoms with van der Waals surface area (Å²) < 4.78 is 0. The molecule has 3 heteroatoms. The lowest BCUT2D eigenvalue weighted by Gasteiger charge is -2.34. The molecule has 1 aliphatic rings. The number of hydrogen-bond acceptors (Lipinski definition) is 3. The molecule has 0 amide bonds. The molecule has 0 N–H and O–H groups in total. The molecule has 0 aromatic heterocycles. The Morgan fingerprint density at radius 3 is 2.46 bits per heavy atom. The van der Waals surface area contributed by atoms with Crippen LogP contribution in [-0.2, 0) is 0 Å². The minimum atomic E-state index is 0.0352. The van der Waals surface area contributed by atoms with E-state index >= 15 is 0 Å². The molecule has 3 nitrogen and oxygen atoms in total. The first kappa shape index (κ1) is 10.1. The summed E-state index contributed by atoms with van der Waals surface area (Å²) >= 11 is 0. The lowest BCUT2D eigenvalue weighted by molar-refractivity contribution is 0.130. The molecule has 0 aliphatic carbocycles. The molecular formula is C10H15N3. The number of nitriles is 1. The van der Waals surface area contributed by atoms with E-state index in [2.05, 4.69) is 21.8 Å². The van der Waals surface area contributed by atoms with Gasteiger partial charge in [-0.05, 0) is 6.92 Å². The highest BCUT2D eigenvalue weighted by atomic mass is 15.3. The summed E-state index contributed by atoms with van der Waals surface area (Å²) in [5.74, 6) is 2.64. The SMILES string of the molecule is C#CCN1CCN(C(C)C#N)CC1. The fraction of sp³-hybridized carbons (Fsp3) is 0.700. The molecule has 1 rings (SSSR count). The van der Waals surface area contributed by atoms with Crippen molar-refractivity contribution in [3.05, 3.63) is 0 Å². The van der Waals surface area contributed by atoms with Crippen LogP contribution in [0.2, 0.25) is 0 Å². The molecule has 1 heterocycles. The van der Waals surface area contributed by atoms with E-state index in [1.54, 1.807) is 0 Å². The molecule has 0 spiro atoms. The van der Waals surface area contributed by atoms with Crippen molar-refractivity contribution in [3.63, 3.8) is 0 Å². The topological polar surface area (TPSA) is 30.3 Å². The van der Waals surface area contributed by atoms with Crippen LogP contribution in [-0.4, -0.2) is 48.6 Å². The lowest BCUT2D eigenvalue weighted by atomic mass is 10.2.